The second kappa shape index (κ2) is 10.4. The molecule has 1 heterocycles. The SMILES string of the molecule is Cc1ccc(CNC(=O)COC(=O)c2ccc(S(=O)(=O)N3CCc4ccccc4C3)cc2)cc1F. The molecule has 3 aromatic carbocycles. The molecule has 7 nitrogen and oxygen atoms in total. The Morgan fingerprint density at radius 3 is 2.46 bits per heavy atom. The third-order valence-corrected chi connectivity index (χ3v) is 7.74. The van der Waals surface area contributed by atoms with Crippen LogP contribution < -0.4 is 5.32 Å². The van der Waals surface area contributed by atoms with E-state index in [9.17, 15) is 22.4 Å². The molecular formula is C26H25FN2O5S. The number of fused-ring (bicyclic) bond motifs is 1. The minimum Gasteiger partial charge on any atom is -0.452 e. The zero-order valence-corrected chi connectivity index (χ0v) is 20.0. The molecule has 1 N–H and O–H groups in total. The molecule has 0 atom stereocenters. The number of amides is 1. The van der Waals surface area contributed by atoms with Gasteiger partial charge in [-0.25, -0.2) is 17.6 Å². The summed E-state index contributed by atoms with van der Waals surface area (Å²) in [6.07, 6.45) is 0.640. The van der Waals surface area contributed by atoms with E-state index in [1.54, 1.807) is 19.1 Å². The van der Waals surface area contributed by atoms with Gasteiger partial charge in [-0.2, -0.15) is 4.31 Å². The molecular weight excluding hydrogens is 471 g/mol. The van der Waals surface area contributed by atoms with Crippen LogP contribution in [0, 0.1) is 12.7 Å². The van der Waals surface area contributed by atoms with Crippen LogP contribution in [0.2, 0.25) is 0 Å². The van der Waals surface area contributed by atoms with Crippen molar-refractivity contribution in [3.8, 4) is 0 Å². The van der Waals surface area contributed by atoms with Crippen molar-refractivity contribution < 1.29 is 27.1 Å². The second-order valence-corrected chi connectivity index (χ2v) is 10.3. The minimum absolute atomic E-state index is 0.0801. The lowest BCUT2D eigenvalue weighted by atomic mass is 10.0. The van der Waals surface area contributed by atoms with Crippen molar-refractivity contribution in [2.24, 2.45) is 0 Å². The lowest BCUT2D eigenvalue weighted by Crippen LogP contribution is -2.35. The first kappa shape index (κ1) is 24.6. The number of benzene rings is 3. The normalized spacial score (nSPS) is 13.7. The average Bonchev–Trinajstić information content (AvgIpc) is 2.87. The Morgan fingerprint density at radius 1 is 1.03 bits per heavy atom. The van der Waals surface area contributed by atoms with E-state index in [4.69, 9.17) is 4.74 Å². The maximum atomic E-state index is 13.6. The van der Waals surface area contributed by atoms with Gasteiger partial charge in [0.1, 0.15) is 5.82 Å². The summed E-state index contributed by atoms with van der Waals surface area (Å²) in [7, 11) is -3.72. The molecule has 1 amide bonds. The predicted molar refractivity (Wildman–Crippen MR) is 127 cm³/mol. The van der Waals surface area contributed by atoms with Crippen LogP contribution in [0.4, 0.5) is 4.39 Å². The quantitative estimate of drug-likeness (QED) is 0.507. The summed E-state index contributed by atoms with van der Waals surface area (Å²) in [6.45, 7) is 1.91. The van der Waals surface area contributed by atoms with Gasteiger partial charge < -0.3 is 10.1 Å². The number of carbonyl (C=O) groups excluding carboxylic acids is 2. The lowest BCUT2D eigenvalue weighted by molar-refractivity contribution is -0.124. The summed E-state index contributed by atoms with van der Waals surface area (Å²) in [5.74, 6) is -1.65. The topological polar surface area (TPSA) is 92.8 Å². The Hall–Kier alpha value is -3.56. The Balaban J connectivity index is 1.31. The zero-order valence-electron chi connectivity index (χ0n) is 19.2. The molecule has 0 fully saturated rings. The molecule has 35 heavy (non-hydrogen) atoms. The Kier molecular flexibility index (Phi) is 7.28. The van der Waals surface area contributed by atoms with E-state index in [1.807, 2.05) is 24.3 Å². The maximum Gasteiger partial charge on any atom is 0.338 e. The highest BCUT2D eigenvalue weighted by Crippen LogP contribution is 2.25. The lowest BCUT2D eigenvalue weighted by Gasteiger charge is -2.28. The number of carbonyl (C=O) groups is 2. The minimum atomic E-state index is -3.72. The van der Waals surface area contributed by atoms with E-state index >= 15 is 0 Å². The highest BCUT2D eigenvalue weighted by molar-refractivity contribution is 7.89. The average molecular weight is 497 g/mol. The van der Waals surface area contributed by atoms with Crippen LogP contribution in [0.5, 0.6) is 0 Å². The van der Waals surface area contributed by atoms with E-state index in [0.717, 1.165) is 11.1 Å². The number of sulfonamides is 1. The van der Waals surface area contributed by atoms with E-state index in [2.05, 4.69) is 5.32 Å². The van der Waals surface area contributed by atoms with Crippen LogP contribution in [-0.4, -0.2) is 37.8 Å². The molecule has 0 saturated heterocycles. The number of esters is 1. The number of nitrogens with one attached hydrogen (secondary N) is 1. The third kappa shape index (κ3) is 5.75. The van der Waals surface area contributed by atoms with Crippen molar-refractivity contribution in [3.05, 3.63) is 100 Å². The van der Waals surface area contributed by atoms with E-state index in [1.165, 1.54) is 34.6 Å². The number of halogens is 1. The van der Waals surface area contributed by atoms with Gasteiger partial charge in [-0.15, -0.1) is 0 Å². The Morgan fingerprint density at radius 2 is 1.74 bits per heavy atom. The Labute approximate surface area is 203 Å². The van der Waals surface area contributed by atoms with Crippen LogP contribution in [0.25, 0.3) is 0 Å². The molecule has 182 valence electrons. The first-order chi connectivity index (χ1) is 16.7. The number of hydrogen-bond acceptors (Lipinski definition) is 5. The van der Waals surface area contributed by atoms with E-state index in [0.29, 0.717) is 30.6 Å². The van der Waals surface area contributed by atoms with Crippen molar-refractivity contribution in [2.45, 2.75) is 31.3 Å². The second-order valence-electron chi connectivity index (χ2n) is 8.32. The molecule has 4 rings (SSSR count). The summed E-state index contributed by atoms with van der Waals surface area (Å²) in [5, 5.41) is 2.56. The van der Waals surface area contributed by atoms with Crippen molar-refractivity contribution in [1.29, 1.82) is 0 Å². The van der Waals surface area contributed by atoms with Crippen molar-refractivity contribution >= 4 is 21.9 Å². The zero-order chi connectivity index (χ0) is 25.0. The number of nitrogens with zero attached hydrogens (tertiary/aromatic N) is 1. The molecule has 0 aliphatic carbocycles. The van der Waals surface area contributed by atoms with E-state index < -0.39 is 28.5 Å². The van der Waals surface area contributed by atoms with Gasteiger partial charge in [0.15, 0.2) is 6.61 Å². The monoisotopic (exact) mass is 496 g/mol. The van der Waals surface area contributed by atoms with Gasteiger partial charge in [-0.05, 0) is 65.9 Å². The van der Waals surface area contributed by atoms with Gasteiger partial charge in [0.2, 0.25) is 10.0 Å². The van der Waals surface area contributed by atoms with Gasteiger partial charge in [-0.3, -0.25) is 4.79 Å². The molecule has 0 saturated carbocycles. The van der Waals surface area contributed by atoms with Crippen LogP contribution in [0.15, 0.2) is 71.6 Å². The van der Waals surface area contributed by atoms with Gasteiger partial charge in [0, 0.05) is 19.6 Å². The predicted octanol–water partition coefficient (Wildman–Crippen LogP) is 3.35. The largest absolute Gasteiger partial charge is 0.452 e. The summed E-state index contributed by atoms with van der Waals surface area (Å²) < 4.78 is 46.1. The van der Waals surface area contributed by atoms with Crippen LogP contribution in [0.1, 0.15) is 32.6 Å². The van der Waals surface area contributed by atoms with Crippen molar-refractivity contribution in [3.63, 3.8) is 0 Å². The highest BCUT2D eigenvalue weighted by atomic mass is 32.2. The van der Waals surface area contributed by atoms with Gasteiger partial charge in [0.05, 0.1) is 10.5 Å². The molecule has 1 aliphatic rings. The first-order valence-corrected chi connectivity index (χ1v) is 12.5. The molecule has 0 aromatic heterocycles. The number of hydrogen-bond donors (Lipinski definition) is 1. The molecule has 3 aromatic rings. The molecule has 1 aliphatic heterocycles. The third-order valence-electron chi connectivity index (χ3n) is 5.88. The van der Waals surface area contributed by atoms with Gasteiger partial charge >= 0.3 is 5.97 Å². The van der Waals surface area contributed by atoms with Gasteiger partial charge in [-0.1, -0.05) is 36.4 Å². The van der Waals surface area contributed by atoms with Gasteiger partial charge in [0.25, 0.3) is 5.91 Å². The summed E-state index contributed by atoms with van der Waals surface area (Å²) in [4.78, 5) is 24.4. The summed E-state index contributed by atoms with van der Waals surface area (Å²) >= 11 is 0. The van der Waals surface area contributed by atoms with Crippen LogP contribution in [0.3, 0.4) is 0 Å². The number of ether oxygens (including phenoxy) is 1. The standard InChI is InChI=1S/C26H25FN2O5S/c1-18-6-7-19(14-24(18)27)15-28-25(30)17-34-26(31)21-8-10-23(11-9-21)35(32,33)29-13-12-20-4-2-3-5-22(20)16-29/h2-11,14H,12-13,15-17H2,1H3,(H,28,30). The smallest absolute Gasteiger partial charge is 0.338 e. The fourth-order valence-electron chi connectivity index (χ4n) is 3.80. The van der Waals surface area contributed by atoms with Crippen molar-refractivity contribution in [1.82, 2.24) is 9.62 Å². The molecule has 0 radical (unpaired) electrons. The summed E-state index contributed by atoms with van der Waals surface area (Å²) in [5.41, 5.74) is 3.35. The molecule has 0 spiro atoms. The molecule has 9 heteroatoms. The maximum absolute atomic E-state index is 13.6. The van der Waals surface area contributed by atoms with Crippen molar-refractivity contribution in [2.75, 3.05) is 13.2 Å². The Bertz CT molecular complexity index is 1360. The highest BCUT2D eigenvalue weighted by Gasteiger charge is 2.28. The molecule has 0 unspecified atom stereocenters. The fraction of sp³-hybridized carbons (Fsp3) is 0.231. The van der Waals surface area contributed by atoms with Crippen LogP contribution >= 0.6 is 0 Å². The van der Waals surface area contributed by atoms with Crippen LogP contribution in [-0.2, 0) is 39.1 Å². The van der Waals surface area contributed by atoms with E-state index in [-0.39, 0.29) is 22.8 Å². The fourth-order valence-corrected chi connectivity index (χ4v) is 5.22. The number of rotatable bonds is 7. The first-order valence-electron chi connectivity index (χ1n) is 11.1. The summed E-state index contributed by atoms with van der Waals surface area (Å²) in [6, 6.07) is 17.8. The molecule has 0 bridgehead atoms. The number of aryl methyl sites for hydroxylation is 1.